The minimum atomic E-state index is 0.00944. The molecule has 8 nitrogen and oxygen atoms in total. The maximum atomic E-state index is 12.9. The highest BCUT2D eigenvalue weighted by molar-refractivity contribution is 5.79. The summed E-state index contributed by atoms with van der Waals surface area (Å²) >= 11 is 0. The average Bonchev–Trinajstić information content (AvgIpc) is 2.86. The molecule has 1 aromatic heterocycles. The fourth-order valence-corrected chi connectivity index (χ4v) is 5.15. The van der Waals surface area contributed by atoms with Crippen LogP contribution in [0.2, 0.25) is 0 Å². The third kappa shape index (κ3) is 6.17. The third-order valence-electron chi connectivity index (χ3n) is 7.09. The number of likely N-dealkylation sites (tertiary alicyclic amines) is 1. The molecule has 2 saturated heterocycles. The van der Waals surface area contributed by atoms with Crippen LogP contribution in [0.1, 0.15) is 45.1 Å². The predicted molar refractivity (Wildman–Crippen MR) is 138 cm³/mol. The van der Waals surface area contributed by atoms with Gasteiger partial charge in [0.25, 0.3) is 0 Å². The first-order valence-corrected chi connectivity index (χ1v) is 12.8. The summed E-state index contributed by atoms with van der Waals surface area (Å²) in [5.41, 5.74) is 7.46. The minimum Gasteiger partial charge on any atom is -0.368 e. The van der Waals surface area contributed by atoms with Crippen LogP contribution < -0.4 is 16.0 Å². The van der Waals surface area contributed by atoms with Crippen molar-refractivity contribution in [3.05, 3.63) is 42.0 Å². The zero-order valence-electron chi connectivity index (χ0n) is 20.6. The number of hydrogen-bond donors (Lipinski definition) is 2. The monoisotopic (exact) mass is 465 g/mol. The smallest absolute Gasteiger partial charge is 0.227 e. The maximum Gasteiger partial charge on any atom is 0.227 e. The summed E-state index contributed by atoms with van der Waals surface area (Å²) in [5, 5.41) is 3.60. The van der Waals surface area contributed by atoms with E-state index in [4.69, 9.17) is 5.73 Å². The maximum absolute atomic E-state index is 12.9. The van der Waals surface area contributed by atoms with Crippen molar-refractivity contribution in [3.63, 3.8) is 0 Å². The summed E-state index contributed by atoms with van der Waals surface area (Å²) in [6, 6.07) is 13.0. The molecule has 2 aromatic rings. The molecular formula is C26H39N7O. The van der Waals surface area contributed by atoms with Crippen molar-refractivity contribution in [2.45, 2.75) is 52.1 Å². The highest BCUT2D eigenvalue weighted by atomic mass is 16.2. The molecule has 1 aromatic carbocycles. The molecule has 2 aliphatic rings. The largest absolute Gasteiger partial charge is 0.368 e. The Kier molecular flexibility index (Phi) is 8.21. The Labute approximate surface area is 203 Å². The van der Waals surface area contributed by atoms with Gasteiger partial charge in [-0.25, -0.2) is 0 Å². The van der Waals surface area contributed by atoms with Gasteiger partial charge in [0.1, 0.15) is 11.6 Å². The second-order valence-corrected chi connectivity index (χ2v) is 9.45. The van der Waals surface area contributed by atoms with Crippen molar-refractivity contribution in [3.8, 4) is 0 Å². The van der Waals surface area contributed by atoms with Gasteiger partial charge in [0.05, 0.1) is 5.92 Å². The van der Waals surface area contributed by atoms with Gasteiger partial charge in [0.2, 0.25) is 11.9 Å². The van der Waals surface area contributed by atoms with Gasteiger partial charge >= 0.3 is 0 Å². The molecule has 1 amide bonds. The van der Waals surface area contributed by atoms with Gasteiger partial charge in [-0.1, -0.05) is 30.3 Å². The quantitative estimate of drug-likeness (QED) is 0.619. The molecule has 0 saturated carbocycles. The van der Waals surface area contributed by atoms with E-state index in [9.17, 15) is 4.79 Å². The Morgan fingerprint density at radius 3 is 2.53 bits per heavy atom. The van der Waals surface area contributed by atoms with E-state index in [1.807, 2.05) is 24.8 Å². The number of amides is 1. The predicted octanol–water partition coefficient (Wildman–Crippen LogP) is 3.22. The lowest BCUT2D eigenvalue weighted by Gasteiger charge is -2.35. The van der Waals surface area contributed by atoms with E-state index in [1.54, 1.807) is 0 Å². The summed E-state index contributed by atoms with van der Waals surface area (Å²) < 4.78 is 0. The highest BCUT2D eigenvalue weighted by Gasteiger charge is 2.29. The molecular weight excluding hydrogens is 426 g/mol. The molecule has 4 rings (SSSR count). The second kappa shape index (κ2) is 11.5. The first-order chi connectivity index (χ1) is 16.6. The summed E-state index contributed by atoms with van der Waals surface area (Å²) in [6.07, 6.45) is 4.04. The zero-order valence-corrected chi connectivity index (χ0v) is 20.6. The molecule has 184 valence electrons. The highest BCUT2D eigenvalue weighted by Crippen LogP contribution is 2.26. The molecule has 0 bridgehead atoms. The van der Waals surface area contributed by atoms with Gasteiger partial charge in [0.15, 0.2) is 0 Å². The van der Waals surface area contributed by atoms with Crippen molar-refractivity contribution in [2.75, 3.05) is 55.2 Å². The number of benzene rings is 1. The number of aromatic nitrogens is 2. The number of nitrogens with two attached hydrogens (primary N) is 1. The molecule has 34 heavy (non-hydrogen) atoms. The molecule has 3 heterocycles. The molecule has 0 spiro atoms. The van der Waals surface area contributed by atoms with Gasteiger partial charge in [-0.05, 0) is 45.1 Å². The zero-order chi connectivity index (χ0) is 23.9. The van der Waals surface area contributed by atoms with E-state index in [0.717, 1.165) is 76.6 Å². The standard InChI is InChI=1S/C26H39N7O/c1-3-32(4-2)25(34)21-11-8-14-33(19-21)24-17-23(29-26(27)30-24)28-22-12-15-31(16-13-22)18-20-9-6-5-7-10-20/h5-7,9-10,17,21-22H,3-4,8,11-16,18-19H2,1-2H3,(H3,27,28,29,30). The molecule has 3 N–H and O–H groups in total. The molecule has 1 unspecified atom stereocenters. The Morgan fingerprint density at radius 2 is 1.82 bits per heavy atom. The van der Waals surface area contributed by atoms with Crippen molar-refractivity contribution >= 4 is 23.5 Å². The van der Waals surface area contributed by atoms with Gasteiger partial charge in [-0.15, -0.1) is 0 Å². The fourth-order valence-electron chi connectivity index (χ4n) is 5.15. The van der Waals surface area contributed by atoms with E-state index in [0.29, 0.717) is 12.6 Å². The van der Waals surface area contributed by atoms with Gasteiger partial charge in [-0.2, -0.15) is 9.97 Å². The van der Waals surface area contributed by atoms with Crippen molar-refractivity contribution in [2.24, 2.45) is 5.92 Å². The van der Waals surface area contributed by atoms with E-state index in [2.05, 4.69) is 55.4 Å². The minimum absolute atomic E-state index is 0.00944. The number of carbonyl (C=O) groups excluding carboxylic acids is 1. The average molecular weight is 466 g/mol. The van der Waals surface area contributed by atoms with Crippen LogP contribution in [-0.2, 0) is 11.3 Å². The third-order valence-corrected chi connectivity index (χ3v) is 7.09. The van der Waals surface area contributed by atoms with Crippen LogP contribution in [0.15, 0.2) is 36.4 Å². The van der Waals surface area contributed by atoms with Crippen LogP contribution in [0.5, 0.6) is 0 Å². The number of hydrogen-bond acceptors (Lipinski definition) is 7. The second-order valence-electron chi connectivity index (χ2n) is 9.45. The Morgan fingerprint density at radius 1 is 1.09 bits per heavy atom. The lowest BCUT2D eigenvalue weighted by Crippen LogP contribution is -2.45. The van der Waals surface area contributed by atoms with Crippen LogP contribution in [-0.4, -0.2) is 71.0 Å². The summed E-state index contributed by atoms with van der Waals surface area (Å²) in [7, 11) is 0. The molecule has 0 radical (unpaired) electrons. The van der Waals surface area contributed by atoms with E-state index in [1.165, 1.54) is 5.56 Å². The number of carbonyl (C=O) groups is 1. The number of piperidine rings is 2. The normalized spacial score (nSPS) is 19.7. The van der Waals surface area contributed by atoms with E-state index < -0.39 is 0 Å². The van der Waals surface area contributed by atoms with Gasteiger partial charge in [0, 0.05) is 57.9 Å². The summed E-state index contributed by atoms with van der Waals surface area (Å²) in [4.78, 5) is 28.5. The molecule has 2 fully saturated rings. The van der Waals surface area contributed by atoms with Crippen LogP contribution in [0.25, 0.3) is 0 Å². The molecule has 2 aliphatic heterocycles. The molecule has 0 aliphatic carbocycles. The first kappa shape index (κ1) is 24.3. The Hall–Kier alpha value is -2.87. The lowest BCUT2D eigenvalue weighted by atomic mass is 9.96. The summed E-state index contributed by atoms with van der Waals surface area (Å²) in [5.74, 6) is 2.13. The SMILES string of the molecule is CCN(CC)C(=O)C1CCCN(c2cc(NC3CCN(Cc4ccccc4)CC3)nc(N)n2)C1. The van der Waals surface area contributed by atoms with Crippen LogP contribution >= 0.6 is 0 Å². The van der Waals surface area contributed by atoms with Gasteiger partial charge < -0.3 is 20.9 Å². The molecule has 1 atom stereocenters. The van der Waals surface area contributed by atoms with E-state index >= 15 is 0 Å². The number of anilines is 3. The van der Waals surface area contributed by atoms with Crippen molar-refractivity contribution < 1.29 is 4.79 Å². The Balaban J connectivity index is 1.34. The van der Waals surface area contributed by atoms with Crippen molar-refractivity contribution in [1.29, 1.82) is 0 Å². The van der Waals surface area contributed by atoms with E-state index in [-0.39, 0.29) is 17.8 Å². The number of nitrogens with zero attached hydrogens (tertiary/aromatic N) is 5. The first-order valence-electron chi connectivity index (χ1n) is 12.8. The number of rotatable bonds is 8. The van der Waals surface area contributed by atoms with Gasteiger partial charge in [-0.3, -0.25) is 9.69 Å². The van der Waals surface area contributed by atoms with Crippen molar-refractivity contribution in [1.82, 2.24) is 19.8 Å². The van der Waals surface area contributed by atoms with Crippen LogP contribution in [0.4, 0.5) is 17.6 Å². The number of nitrogens with one attached hydrogen (secondary N) is 1. The topological polar surface area (TPSA) is 90.6 Å². The van der Waals surface area contributed by atoms with Crippen LogP contribution in [0, 0.1) is 5.92 Å². The fraction of sp³-hybridized carbons (Fsp3) is 0.577. The summed E-state index contributed by atoms with van der Waals surface area (Å²) in [6.45, 7) is 10.3. The van der Waals surface area contributed by atoms with Crippen LogP contribution in [0.3, 0.4) is 0 Å². The lowest BCUT2D eigenvalue weighted by molar-refractivity contribution is -0.135. The molecule has 8 heteroatoms. The number of nitrogen functional groups attached to an aromatic ring is 1. The Bertz CT molecular complexity index is 926.